The maximum Gasteiger partial charge on any atom is 0.229 e. The second kappa shape index (κ2) is 9.13. The number of sulfone groups is 1. The van der Waals surface area contributed by atoms with E-state index >= 15 is 0 Å². The molecule has 31 heavy (non-hydrogen) atoms. The van der Waals surface area contributed by atoms with Crippen molar-refractivity contribution >= 4 is 15.7 Å². The zero-order chi connectivity index (χ0) is 21.9. The number of carbonyl (C=O) groups is 1. The van der Waals surface area contributed by atoms with Crippen molar-refractivity contribution in [2.45, 2.75) is 43.5 Å². The van der Waals surface area contributed by atoms with Gasteiger partial charge in [0, 0.05) is 19.3 Å². The van der Waals surface area contributed by atoms with Crippen LogP contribution in [0.3, 0.4) is 0 Å². The summed E-state index contributed by atoms with van der Waals surface area (Å²) in [5.74, 6) is 0.281. The molecule has 0 aromatic heterocycles. The van der Waals surface area contributed by atoms with E-state index in [2.05, 4.69) is 35.2 Å². The lowest BCUT2D eigenvalue weighted by Crippen LogP contribution is -2.44. The van der Waals surface area contributed by atoms with E-state index in [9.17, 15) is 13.2 Å². The number of piperidine rings is 1. The zero-order valence-corrected chi connectivity index (χ0v) is 19.1. The summed E-state index contributed by atoms with van der Waals surface area (Å²) >= 11 is 0. The second-order valence-corrected chi connectivity index (χ2v) is 11.1. The molecule has 2 aliphatic heterocycles. The third-order valence-electron chi connectivity index (χ3n) is 6.92. The highest BCUT2D eigenvalue weighted by Crippen LogP contribution is 2.42. The van der Waals surface area contributed by atoms with E-state index in [0.29, 0.717) is 11.4 Å². The van der Waals surface area contributed by atoms with Gasteiger partial charge in [-0.3, -0.25) is 4.79 Å². The molecule has 2 saturated heterocycles. The van der Waals surface area contributed by atoms with E-state index in [4.69, 9.17) is 0 Å². The minimum atomic E-state index is -3.19. The van der Waals surface area contributed by atoms with Crippen molar-refractivity contribution < 1.29 is 13.2 Å². The van der Waals surface area contributed by atoms with Crippen molar-refractivity contribution in [2.24, 2.45) is 5.41 Å². The van der Waals surface area contributed by atoms with Crippen molar-refractivity contribution in [1.82, 2.24) is 9.80 Å². The van der Waals surface area contributed by atoms with Gasteiger partial charge in [0.25, 0.3) is 0 Å². The average Bonchev–Trinajstić information content (AvgIpc) is 3.05. The SMILES string of the molecule is CS(=O)(=O)c1ccc(CN2CCC3(CCN(CCCc4ccccc4)CC3)C2=O)cc1. The fourth-order valence-corrected chi connectivity index (χ4v) is 5.56. The first-order valence-corrected chi connectivity index (χ1v) is 13.1. The third-order valence-corrected chi connectivity index (χ3v) is 8.05. The first-order valence-electron chi connectivity index (χ1n) is 11.2. The smallest absolute Gasteiger partial charge is 0.229 e. The van der Waals surface area contributed by atoms with Crippen LogP contribution in [-0.4, -0.2) is 56.6 Å². The van der Waals surface area contributed by atoms with E-state index in [1.807, 2.05) is 17.0 Å². The lowest BCUT2D eigenvalue weighted by atomic mass is 9.77. The molecule has 2 heterocycles. The van der Waals surface area contributed by atoms with Gasteiger partial charge in [-0.25, -0.2) is 8.42 Å². The molecular weight excluding hydrogens is 408 g/mol. The molecule has 166 valence electrons. The summed E-state index contributed by atoms with van der Waals surface area (Å²) in [5.41, 5.74) is 2.18. The quantitative estimate of drug-likeness (QED) is 0.661. The second-order valence-electron chi connectivity index (χ2n) is 9.10. The van der Waals surface area contributed by atoms with E-state index < -0.39 is 9.84 Å². The van der Waals surface area contributed by atoms with Gasteiger partial charge >= 0.3 is 0 Å². The van der Waals surface area contributed by atoms with Crippen molar-refractivity contribution in [3.8, 4) is 0 Å². The van der Waals surface area contributed by atoms with Crippen molar-refractivity contribution in [2.75, 3.05) is 32.4 Å². The van der Waals surface area contributed by atoms with Gasteiger partial charge in [0.1, 0.15) is 0 Å². The molecule has 1 spiro atoms. The predicted molar refractivity (Wildman–Crippen MR) is 122 cm³/mol. The Labute approximate surface area is 186 Å². The molecule has 0 unspecified atom stereocenters. The van der Waals surface area contributed by atoms with Gasteiger partial charge in [-0.1, -0.05) is 42.5 Å². The molecule has 4 rings (SSSR count). The highest BCUT2D eigenvalue weighted by atomic mass is 32.2. The summed E-state index contributed by atoms with van der Waals surface area (Å²) in [6.45, 7) is 4.44. The number of aryl methyl sites for hydroxylation is 1. The van der Waals surface area contributed by atoms with Crippen LogP contribution in [0.15, 0.2) is 59.5 Å². The van der Waals surface area contributed by atoms with Crippen LogP contribution in [0.5, 0.6) is 0 Å². The summed E-state index contributed by atoms with van der Waals surface area (Å²) < 4.78 is 23.3. The molecule has 2 fully saturated rings. The van der Waals surface area contributed by atoms with Gasteiger partial charge < -0.3 is 9.80 Å². The number of carbonyl (C=O) groups excluding carboxylic acids is 1. The Balaban J connectivity index is 1.27. The van der Waals surface area contributed by atoms with E-state index in [0.717, 1.165) is 63.8 Å². The molecule has 1 amide bonds. The maximum atomic E-state index is 13.2. The monoisotopic (exact) mass is 440 g/mol. The molecule has 2 aliphatic rings. The third kappa shape index (κ3) is 5.18. The van der Waals surface area contributed by atoms with Gasteiger partial charge in [0.2, 0.25) is 5.91 Å². The topological polar surface area (TPSA) is 57.7 Å². The number of benzene rings is 2. The van der Waals surface area contributed by atoms with E-state index in [1.165, 1.54) is 11.8 Å². The van der Waals surface area contributed by atoms with Crippen LogP contribution in [0, 0.1) is 5.41 Å². The highest BCUT2D eigenvalue weighted by Gasteiger charge is 2.47. The Bertz CT molecular complexity index is 995. The molecule has 5 nitrogen and oxygen atoms in total. The fourth-order valence-electron chi connectivity index (χ4n) is 4.93. The van der Waals surface area contributed by atoms with Crippen LogP contribution in [0.25, 0.3) is 0 Å². The Morgan fingerprint density at radius 1 is 0.871 bits per heavy atom. The summed E-state index contributed by atoms with van der Waals surface area (Å²) in [5, 5.41) is 0. The normalized spacial score (nSPS) is 19.3. The fraction of sp³-hybridized carbons (Fsp3) is 0.480. The minimum absolute atomic E-state index is 0.192. The van der Waals surface area contributed by atoms with Crippen LogP contribution in [0.2, 0.25) is 0 Å². The van der Waals surface area contributed by atoms with Crippen LogP contribution in [0.4, 0.5) is 0 Å². The molecular formula is C25H32N2O3S. The number of likely N-dealkylation sites (tertiary alicyclic amines) is 2. The molecule has 2 aromatic carbocycles. The van der Waals surface area contributed by atoms with Crippen LogP contribution >= 0.6 is 0 Å². The maximum absolute atomic E-state index is 13.2. The minimum Gasteiger partial charge on any atom is -0.338 e. The van der Waals surface area contributed by atoms with Gasteiger partial charge in [0.05, 0.1) is 10.3 Å². The van der Waals surface area contributed by atoms with Gasteiger partial charge in [-0.15, -0.1) is 0 Å². The lowest BCUT2D eigenvalue weighted by Gasteiger charge is -2.38. The van der Waals surface area contributed by atoms with Crippen molar-refractivity contribution in [3.63, 3.8) is 0 Å². The molecule has 0 bridgehead atoms. The Hall–Kier alpha value is -2.18. The largest absolute Gasteiger partial charge is 0.338 e. The van der Waals surface area contributed by atoms with Crippen molar-refractivity contribution in [1.29, 1.82) is 0 Å². The first kappa shape index (κ1) is 22.0. The zero-order valence-electron chi connectivity index (χ0n) is 18.3. The Morgan fingerprint density at radius 2 is 1.52 bits per heavy atom. The van der Waals surface area contributed by atoms with Gasteiger partial charge in [-0.2, -0.15) is 0 Å². The molecule has 0 radical (unpaired) electrons. The molecule has 0 saturated carbocycles. The Kier molecular flexibility index (Phi) is 6.49. The lowest BCUT2D eigenvalue weighted by molar-refractivity contribution is -0.138. The summed E-state index contributed by atoms with van der Waals surface area (Å²) in [6, 6.07) is 17.5. The first-order chi connectivity index (χ1) is 14.9. The Morgan fingerprint density at radius 3 is 2.16 bits per heavy atom. The van der Waals surface area contributed by atoms with Gasteiger partial charge in [-0.05, 0) is 75.0 Å². The number of hydrogen-bond acceptors (Lipinski definition) is 4. The number of rotatable bonds is 7. The van der Waals surface area contributed by atoms with Crippen molar-refractivity contribution in [3.05, 3.63) is 65.7 Å². The molecule has 0 atom stereocenters. The summed E-state index contributed by atoms with van der Waals surface area (Å²) in [7, 11) is -3.19. The molecule has 2 aromatic rings. The average molecular weight is 441 g/mol. The van der Waals surface area contributed by atoms with E-state index in [1.54, 1.807) is 12.1 Å². The van der Waals surface area contributed by atoms with Crippen LogP contribution in [0.1, 0.15) is 36.8 Å². The van der Waals surface area contributed by atoms with Crippen LogP contribution in [-0.2, 0) is 27.6 Å². The number of hydrogen-bond donors (Lipinski definition) is 0. The predicted octanol–water partition coefficient (Wildman–Crippen LogP) is 3.54. The van der Waals surface area contributed by atoms with Gasteiger partial charge in [0.15, 0.2) is 9.84 Å². The summed E-state index contributed by atoms with van der Waals surface area (Å²) in [4.78, 5) is 18.0. The van der Waals surface area contributed by atoms with E-state index in [-0.39, 0.29) is 11.3 Å². The number of nitrogens with zero attached hydrogens (tertiary/aromatic N) is 2. The highest BCUT2D eigenvalue weighted by molar-refractivity contribution is 7.90. The molecule has 0 aliphatic carbocycles. The standard InChI is InChI=1S/C25H32N2O3S/c1-31(29,30)23-11-9-22(10-12-23)20-27-19-15-25(24(27)28)13-17-26(18-14-25)16-5-8-21-6-3-2-4-7-21/h2-4,6-7,9-12H,5,8,13-20H2,1H3. The summed E-state index contributed by atoms with van der Waals surface area (Å²) in [6.07, 6.45) is 6.30. The molecule has 0 N–H and O–H groups in total. The van der Waals surface area contributed by atoms with Crippen LogP contribution < -0.4 is 0 Å². The molecule has 6 heteroatoms. The number of amides is 1.